The molecule has 0 amide bonds. The predicted octanol–water partition coefficient (Wildman–Crippen LogP) is 2.26. The van der Waals surface area contributed by atoms with Gasteiger partial charge in [0.1, 0.15) is 0 Å². The summed E-state index contributed by atoms with van der Waals surface area (Å²) in [6.07, 6.45) is 2.59. The lowest BCUT2D eigenvalue weighted by Gasteiger charge is -2.09. The Kier molecular flexibility index (Phi) is 4.67. The number of carboxylic acids is 1. The van der Waals surface area contributed by atoms with Crippen molar-refractivity contribution in [1.82, 2.24) is 0 Å². The van der Waals surface area contributed by atoms with Gasteiger partial charge in [-0.15, -0.1) is 0 Å². The smallest absolute Gasteiger partial charge is 0.383 e. The van der Waals surface area contributed by atoms with Crippen LogP contribution in [-0.2, 0) is 4.79 Å². The fraction of sp³-hybridized carbons (Fsp3) is 0.200. The Morgan fingerprint density at radius 2 is 2.18 bits per heavy atom. The number of fused-ring (bicyclic) bond motifs is 1. The Labute approximate surface area is 125 Å². The highest BCUT2D eigenvalue weighted by Crippen LogP contribution is 2.35. The fourth-order valence-corrected chi connectivity index (χ4v) is 1.77. The highest BCUT2D eigenvalue weighted by Gasteiger charge is 2.17. The largest absolute Gasteiger partial charge is 0.504 e. The Morgan fingerprint density at radius 1 is 1.41 bits per heavy atom. The van der Waals surface area contributed by atoms with Gasteiger partial charge in [0.05, 0.1) is 24.7 Å². The summed E-state index contributed by atoms with van der Waals surface area (Å²) in [5.41, 5.74) is -0.833. The summed E-state index contributed by atoms with van der Waals surface area (Å²) in [4.78, 5) is 22.3. The van der Waals surface area contributed by atoms with Crippen LogP contribution in [-0.4, -0.2) is 22.8 Å². The lowest BCUT2D eigenvalue weighted by molar-refractivity contribution is -0.137. The summed E-state index contributed by atoms with van der Waals surface area (Å²) in [6.45, 7) is 1.60. The average molecular weight is 306 g/mol. The van der Waals surface area contributed by atoms with E-state index in [4.69, 9.17) is 19.0 Å². The Morgan fingerprint density at radius 3 is 2.86 bits per heavy atom. The zero-order chi connectivity index (χ0) is 16.1. The number of aromatic hydroxyl groups is 1. The van der Waals surface area contributed by atoms with Crippen LogP contribution in [0.4, 0.5) is 0 Å². The van der Waals surface area contributed by atoms with Crippen LogP contribution >= 0.6 is 0 Å². The van der Waals surface area contributed by atoms with E-state index in [0.29, 0.717) is 0 Å². The first kappa shape index (κ1) is 15.4. The third-order valence-electron chi connectivity index (χ3n) is 2.72. The van der Waals surface area contributed by atoms with Crippen molar-refractivity contribution >= 4 is 16.9 Å². The third-order valence-corrected chi connectivity index (χ3v) is 2.72. The molecule has 0 aliphatic rings. The van der Waals surface area contributed by atoms with Gasteiger partial charge < -0.3 is 24.1 Å². The summed E-state index contributed by atoms with van der Waals surface area (Å²) in [5.74, 6) is -1.53. The number of aliphatic carboxylic acids is 1. The number of ether oxygens (including phenoxy) is 2. The van der Waals surface area contributed by atoms with Crippen molar-refractivity contribution < 1.29 is 28.9 Å². The standard InChI is InChI=1S/C15H14O7/c1-2-7-21-14-12(18)9-4-3-5-10(13(9)22-15(14)19)20-8-6-11(16)17/h2-5,7,18H,6,8H2,1H3,(H,16,17)/b7-2-. The van der Waals surface area contributed by atoms with Crippen LogP contribution in [0.1, 0.15) is 13.3 Å². The van der Waals surface area contributed by atoms with Gasteiger partial charge in [0.25, 0.3) is 5.75 Å². The zero-order valence-electron chi connectivity index (χ0n) is 11.7. The van der Waals surface area contributed by atoms with Gasteiger partial charge in [-0.3, -0.25) is 4.79 Å². The number of carbonyl (C=O) groups is 1. The molecule has 0 saturated heterocycles. The summed E-state index contributed by atoms with van der Waals surface area (Å²) >= 11 is 0. The molecular weight excluding hydrogens is 292 g/mol. The maximum atomic E-state index is 11.9. The van der Waals surface area contributed by atoms with Crippen molar-refractivity contribution in [2.24, 2.45) is 0 Å². The van der Waals surface area contributed by atoms with Crippen LogP contribution in [0.15, 0.2) is 39.7 Å². The van der Waals surface area contributed by atoms with E-state index >= 15 is 0 Å². The molecule has 0 radical (unpaired) electrons. The normalized spacial score (nSPS) is 11.0. The molecular formula is C15H14O7. The van der Waals surface area contributed by atoms with E-state index in [2.05, 4.69) is 0 Å². The molecule has 0 unspecified atom stereocenters. The molecule has 2 aromatic rings. The molecule has 1 heterocycles. The summed E-state index contributed by atoms with van der Waals surface area (Å²) < 4.78 is 15.4. The average Bonchev–Trinajstić information content (AvgIpc) is 2.47. The summed E-state index contributed by atoms with van der Waals surface area (Å²) in [6, 6.07) is 4.62. The topological polar surface area (TPSA) is 106 Å². The Balaban J connectivity index is 2.45. The lowest BCUT2D eigenvalue weighted by atomic mass is 10.2. The van der Waals surface area contributed by atoms with Crippen molar-refractivity contribution in [3.8, 4) is 17.2 Å². The summed E-state index contributed by atoms with van der Waals surface area (Å²) in [7, 11) is 0. The highest BCUT2D eigenvalue weighted by molar-refractivity contribution is 5.89. The van der Waals surface area contributed by atoms with E-state index in [1.165, 1.54) is 18.4 Å². The van der Waals surface area contributed by atoms with Gasteiger partial charge in [0, 0.05) is 0 Å². The molecule has 116 valence electrons. The highest BCUT2D eigenvalue weighted by atomic mass is 16.5. The summed E-state index contributed by atoms with van der Waals surface area (Å²) in [5, 5.41) is 19.0. The van der Waals surface area contributed by atoms with Crippen molar-refractivity contribution in [1.29, 1.82) is 0 Å². The zero-order valence-corrected chi connectivity index (χ0v) is 11.7. The van der Waals surface area contributed by atoms with Crippen LogP contribution in [0.3, 0.4) is 0 Å². The van der Waals surface area contributed by atoms with Gasteiger partial charge in [-0.1, -0.05) is 12.1 Å². The molecule has 0 aliphatic carbocycles. The molecule has 0 aliphatic heterocycles. The van der Waals surface area contributed by atoms with Crippen molar-refractivity contribution in [3.63, 3.8) is 0 Å². The fourth-order valence-electron chi connectivity index (χ4n) is 1.77. The molecule has 22 heavy (non-hydrogen) atoms. The van der Waals surface area contributed by atoms with Crippen molar-refractivity contribution in [2.45, 2.75) is 13.3 Å². The van der Waals surface area contributed by atoms with Crippen LogP contribution in [0.25, 0.3) is 11.0 Å². The van der Waals surface area contributed by atoms with E-state index in [1.54, 1.807) is 19.1 Å². The number of carboxylic acid groups (broad SMARTS) is 1. The first-order valence-corrected chi connectivity index (χ1v) is 6.45. The molecule has 2 rings (SSSR count). The number of benzene rings is 1. The van der Waals surface area contributed by atoms with E-state index in [0.717, 1.165) is 0 Å². The molecule has 0 spiro atoms. The Hall–Kier alpha value is -2.96. The van der Waals surface area contributed by atoms with Gasteiger partial charge in [0.15, 0.2) is 17.1 Å². The van der Waals surface area contributed by atoms with Gasteiger partial charge in [-0.25, -0.2) is 4.79 Å². The molecule has 1 aromatic heterocycles. The lowest BCUT2D eigenvalue weighted by Crippen LogP contribution is -2.07. The second-order valence-corrected chi connectivity index (χ2v) is 4.28. The van der Waals surface area contributed by atoms with E-state index in [1.807, 2.05) is 0 Å². The van der Waals surface area contributed by atoms with E-state index in [-0.39, 0.29) is 41.2 Å². The van der Waals surface area contributed by atoms with Crippen molar-refractivity contribution in [2.75, 3.05) is 6.61 Å². The van der Waals surface area contributed by atoms with E-state index in [9.17, 15) is 14.7 Å². The van der Waals surface area contributed by atoms with Crippen molar-refractivity contribution in [3.05, 3.63) is 41.0 Å². The molecule has 7 heteroatoms. The first-order valence-electron chi connectivity index (χ1n) is 6.45. The van der Waals surface area contributed by atoms with Crippen LogP contribution < -0.4 is 15.1 Å². The van der Waals surface area contributed by atoms with Gasteiger partial charge in [-0.05, 0) is 19.1 Å². The van der Waals surface area contributed by atoms with Gasteiger partial charge in [0.2, 0.25) is 0 Å². The maximum absolute atomic E-state index is 11.9. The third kappa shape index (κ3) is 3.20. The molecule has 0 bridgehead atoms. The molecule has 1 aromatic carbocycles. The van der Waals surface area contributed by atoms with Crippen LogP contribution in [0, 0.1) is 0 Å². The molecule has 2 N–H and O–H groups in total. The van der Waals surface area contributed by atoms with Gasteiger partial charge in [-0.2, -0.15) is 0 Å². The molecule has 0 atom stereocenters. The number of hydrogen-bond donors (Lipinski definition) is 2. The van der Waals surface area contributed by atoms with Gasteiger partial charge >= 0.3 is 11.6 Å². The monoisotopic (exact) mass is 306 g/mol. The number of para-hydroxylation sites is 1. The van der Waals surface area contributed by atoms with Crippen LogP contribution in [0.2, 0.25) is 0 Å². The number of rotatable bonds is 6. The van der Waals surface area contributed by atoms with Crippen LogP contribution in [0.5, 0.6) is 17.2 Å². The molecule has 7 nitrogen and oxygen atoms in total. The molecule has 0 fully saturated rings. The maximum Gasteiger partial charge on any atom is 0.383 e. The minimum atomic E-state index is -1.01. The minimum Gasteiger partial charge on any atom is -0.504 e. The SMILES string of the molecule is C/C=C\Oc1c(O)c2cccc(OCCC(=O)O)c2oc1=O. The van der Waals surface area contributed by atoms with E-state index < -0.39 is 11.6 Å². The second-order valence-electron chi connectivity index (χ2n) is 4.28. The minimum absolute atomic E-state index is 0.0308. The Bertz CT molecular complexity index is 773. The number of hydrogen-bond acceptors (Lipinski definition) is 6. The second kappa shape index (κ2) is 6.66. The number of allylic oxidation sites excluding steroid dienone is 1. The molecule has 0 saturated carbocycles. The quantitative estimate of drug-likeness (QED) is 0.622. The first-order chi connectivity index (χ1) is 10.5. The predicted molar refractivity (Wildman–Crippen MR) is 77.3 cm³/mol.